The fourth-order valence-electron chi connectivity index (χ4n) is 2.15. The number of nitro groups is 1. The van der Waals surface area contributed by atoms with E-state index in [9.17, 15) is 14.9 Å². The van der Waals surface area contributed by atoms with Gasteiger partial charge in [0.1, 0.15) is 12.4 Å². The zero-order chi connectivity index (χ0) is 18.2. The van der Waals surface area contributed by atoms with E-state index in [0.717, 1.165) is 0 Å². The van der Waals surface area contributed by atoms with Gasteiger partial charge in [-0.1, -0.05) is 18.2 Å². The predicted molar refractivity (Wildman–Crippen MR) is 95.0 cm³/mol. The average molecular weight is 341 g/mol. The fraction of sp³-hybridized carbons (Fsp3) is 0.211. The minimum absolute atomic E-state index is 0.0344. The summed E-state index contributed by atoms with van der Waals surface area (Å²) < 4.78 is 10.3. The molecule has 0 atom stereocenters. The minimum atomic E-state index is -0.434. The number of ether oxygens (including phenoxy) is 2. The molecular weight excluding hydrogens is 322 g/mol. The van der Waals surface area contributed by atoms with Crippen molar-refractivity contribution in [3.63, 3.8) is 0 Å². The molecule has 0 N–H and O–H groups in total. The van der Waals surface area contributed by atoms with Crippen LogP contribution in [0.4, 0.5) is 5.69 Å². The number of carbonyl (C=O) groups is 1. The summed E-state index contributed by atoms with van der Waals surface area (Å²) in [4.78, 5) is 22.7. The van der Waals surface area contributed by atoms with Crippen molar-refractivity contribution in [1.82, 2.24) is 0 Å². The van der Waals surface area contributed by atoms with Gasteiger partial charge >= 0.3 is 0 Å². The van der Waals surface area contributed by atoms with Crippen molar-refractivity contribution in [2.75, 3.05) is 20.3 Å². The van der Waals surface area contributed by atoms with E-state index in [4.69, 9.17) is 9.47 Å². The maximum atomic E-state index is 12.2. The summed E-state index contributed by atoms with van der Waals surface area (Å²) in [6.45, 7) is 2.61. The molecule has 0 radical (unpaired) electrons. The summed E-state index contributed by atoms with van der Waals surface area (Å²) in [6, 6.07) is 11.6. The summed E-state index contributed by atoms with van der Waals surface area (Å²) >= 11 is 0. The van der Waals surface area contributed by atoms with Crippen molar-refractivity contribution in [2.45, 2.75) is 6.92 Å². The predicted octanol–water partition coefficient (Wildman–Crippen LogP) is 3.82. The van der Waals surface area contributed by atoms with E-state index in [1.807, 2.05) is 0 Å². The number of benzene rings is 2. The molecule has 130 valence electrons. The van der Waals surface area contributed by atoms with Gasteiger partial charge in [0, 0.05) is 24.3 Å². The number of allylic oxidation sites excluding steroid dienone is 1. The van der Waals surface area contributed by atoms with E-state index < -0.39 is 4.92 Å². The van der Waals surface area contributed by atoms with Crippen LogP contribution in [0, 0.1) is 17.0 Å². The molecule has 0 aliphatic rings. The van der Waals surface area contributed by atoms with Crippen LogP contribution in [0.3, 0.4) is 0 Å². The maximum Gasteiger partial charge on any atom is 0.272 e. The van der Waals surface area contributed by atoms with Crippen molar-refractivity contribution in [3.05, 3.63) is 75.3 Å². The van der Waals surface area contributed by atoms with Gasteiger partial charge in [-0.15, -0.1) is 0 Å². The van der Waals surface area contributed by atoms with E-state index in [0.29, 0.717) is 35.7 Å². The minimum Gasteiger partial charge on any atom is -0.491 e. The largest absolute Gasteiger partial charge is 0.491 e. The molecule has 0 spiro atoms. The maximum absolute atomic E-state index is 12.2. The highest BCUT2D eigenvalue weighted by molar-refractivity contribution is 6.06. The summed E-state index contributed by atoms with van der Waals surface area (Å²) in [5, 5.41) is 11.0. The monoisotopic (exact) mass is 341 g/mol. The van der Waals surface area contributed by atoms with Crippen LogP contribution in [-0.2, 0) is 4.74 Å². The third-order valence-electron chi connectivity index (χ3n) is 3.55. The van der Waals surface area contributed by atoms with Crippen molar-refractivity contribution in [1.29, 1.82) is 0 Å². The molecule has 0 aliphatic heterocycles. The molecule has 6 heteroatoms. The molecule has 0 heterocycles. The summed E-state index contributed by atoms with van der Waals surface area (Å²) in [7, 11) is 1.60. The quantitative estimate of drug-likeness (QED) is 0.240. The number of rotatable bonds is 8. The molecule has 0 bridgehead atoms. The molecule has 2 rings (SSSR count). The second-order valence-corrected chi connectivity index (χ2v) is 5.37. The van der Waals surface area contributed by atoms with Gasteiger partial charge in [-0.05, 0) is 42.8 Å². The van der Waals surface area contributed by atoms with Crippen LogP contribution < -0.4 is 4.74 Å². The van der Waals surface area contributed by atoms with Crippen LogP contribution in [0.1, 0.15) is 21.5 Å². The van der Waals surface area contributed by atoms with Gasteiger partial charge in [0.25, 0.3) is 5.69 Å². The lowest BCUT2D eigenvalue weighted by atomic mass is 10.1. The zero-order valence-electron chi connectivity index (χ0n) is 14.1. The molecule has 2 aromatic rings. The first-order chi connectivity index (χ1) is 12.0. The van der Waals surface area contributed by atoms with Gasteiger partial charge < -0.3 is 9.47 Å². The Balaban J connectivity index is 2.05. The third kappa shape index (κ3) is 5.26. The van der Waals surface area contributed by atoms with Crippen LogP contribution in [0.15, 0.2) is 48.5 Å². The van der Waals surface area contributed by atoms with Crippen LogP contribution in [0.2, 0.25) is 0 Å². The van der Waals surface area contributed by atoms with Gasteiger partial charge in [-0.25, -0.2) is 0 Å². The Kier molecular flexibility index (Phi) is 6.42. The molecule has 0 saturated carbocycles. The van der Waals surface area contributed by atoms with E-state index in [-0.39, 0.29) is 11.5 Å². The lowest BCUT2D eigenvalue weighted by Crippen LogP contribution is -2.04. The molecule has 25 heavy (non-hydrogen) atoms. The highest BCUT2D eigenvalue weighted by atomic mass is 16.6. The number of methoxy groups -OCH3 is 1. The van der Waals surface area contributed by atoms with Crippen molar-refractivity contribution in [3.8, 4) is 5.75 Å². The Morgan fingerprint density at radius 3 is 2.52 bits per heavy atom. The molecular formula is C19H19NO5. The Hall–Kier alpha value is -2.99. The van der Waals surface area contributed by atoms with Gasteiger partial charge in [0.2, 0.25) is 0 Å². The van der Waals surface area contributed by atoms with Gasteiger partial charge in [0.05, 0.1) is 11.5 Å². The topological polar surface area (TPSA) is 78.7 Å². The molecule has 0 aliphatic carbocycles. The second-order valence-electron chi connectivity index (χ2n) is 5.37. The van der Waals surface area contributed by atoms with E-state index >= 15 is 0 Å². The summed E-state index contributed by atoms with van der Waals surface area (Å²) in [5.41, 5.74) is 1.73. The third-order valence-corrected chi connectivity index (χ3v) is 3.55. The Labute approximate surface area is 145 Å². The number of carbonyl (C=O) groups excluding carboxylic acids is 1. The SMILES string of the molecule is COCCOc1ccc(C(=O)C=Cc2ccc(C)c([N+](=O)[O-])c2)cc1. The molecule has 2 aromatic carbocycles. The number of hydrogen-bond acceptors (Lipinski definition) is 5. The lowest BCUT2D eigenvalue weighted by molar-refractivity contribution is -0.385. The van der Waals surface area contributed by atoms with Gasteiger partial charge in [-0.2, -0.15) is 0 Å². The Morgan fingerprint density at radius 1 is 1.16 bits per heavy atom. The van der Waals surface area contributed by atoms with Crippen LogP contribution in [-0.4, -0.2) is 31.0 Å². The van der Waals surface area contributed by atoms with Crippen molar-refractivity contribution in [2.24, 2.45) is 0 Å². The number of nitro benzene ring substituents is 1. The summed E-state index contributed by atoms with van der Waals surface area (Å²) in [6.07, 6.45) is 2.97. The number of hydrogen-bond donors (Lipinski definition) is 0. The highest BCUT2D eigenvalue weighted by Gasteiger charge is 2.10. The Bertz CT molecular complexity index is 781. The zero-order valence-corrected chi connectivity index (χ0v) is 14.1. The molecule has 0 aromatic heterocycles. The van der Waals surface area contributed by atoms with Gasteiger partial charge in [0.15, 0.2) is 5.78 Å². The molecule has 0 fully saturated rings. The highest BCUT2D eigenvalue weighted by Crippen LogP contribution is 2.20. The lowest BCUT2D eigenvalue weighted by Gasteiger charge is -2.05. The standard InChI is InChI=1S/C19H19NO5/c1-14-3-4-15(13-18(14)20(22)23)5-10-19(21)16-6-8-17(9-7-16)25-12-11-24-2/h3-10,13H,11-12H2,1-2H3. The second kappa shape index (κ2) is 8.75. The van der Waals surface area contributed by atoms with Crippen LogP contribution in [0.5, 0.6) is 5.75 Å². The van der Waals surface area contributed by atoms with Gasteiger partial charge in [-0.3, -0.25) is 14.9 Å². The van der Waals surface area contributed by atoms with Crippen LogP contribution >= 0.6 is 0 Å². The number of ketones is 1. The normalized spacial score (nSPS) is 10.8. The molecule has 0 saturated heterocycles. The first kappa shape index (κ1) is 18.4. The van der Waals surface area contributed by atoms with Crippen molar-refractivity contribution >= 4 is 17.5 Å². The number of aryl methyl sites for hydroxylation is 1. The van der Waals surface area contributed by atoms with Crippen LogP contribution in [0.25, 0.3) is 6.08 Å². The van der Waals surface area contributed by atoms with E-state index in [2.05, 4.69) is 0 Å². The van der Waals surface area contributed by atoms with E-state index in [1.54, 1.807) is 56.5 Å². The summed E-state index contributed by atoms with van der Waals surface area (Å²) in [5.74, 6) is 0.471. The molecule has 0 unspecified atom stereocenters. The number of nitrogens with zero attached hydrogens (tertiary/aromatic N) is 1. The fourth-order valence-corrected chi connectivity index (χ4v) is 2.15. The van der Waals surface area contributed by atoms with E-state index in [1.165, 1.54) is 12.1 Å². The Morgan fingerprint density at radius 2 is 1.88 bits per heavy atom. The van der Waals surface area contributed by atoms with Crippen molar-refractivity contribution < 1.29 is 19.2 Å². The first-order valence-electron chi connectivity index (χ1n) is 7.70. The average Bonchev–Trinajstić information content (AvgIpc) is 2.61. The molecule has 0 amide bonds. The smallest absolute Gasteiger partial charge is 0.272 e. The molecule has 6 nitrogen and oxygen atoms in total. The first-order valence-corrected chi connectivity index (χ1v) is 7.70.